The molecule has 0 atom stereocenters. The molecule has 0 fully saturated rings. The van der Waals surface area contributed by atoms with Gasteiger partial charge in [0.05, 0.1) is 0 Å². The normalized spacial score (nSPS) is 18.5. The molecule has 0 unspecified atom stereocenters. The van der Waals surface area contributed by atoms with E-state index in [0.29, 0.717) is 5.76 Å². The van der Waals surface area contributed by atoms with E-state index < -0.39 is 0 Å². The van der Waals surface area contributed by atoms with Gasteiger partial charge in [0, 0.05) is 16.6 Å². The number of hydrogen-bond acceptors (Lipinski definition) is 2. The van der Waals surface area contributed by atoms with Crippen molar-refractivity contribution in [2.75, 3.05) is 0 Å². The highest BCUT2D eigenvalue weighted by Crippen LogP contribution is 2.62. The van der Waals surface area contributed by atoms with Gasteiger partial charge >= 0.3 is 0 Å². The van der Waals surface area contributed by atoms with Crippen LogP contribution in [-0.4, -0.2) is 10.2 Å². The second-order valence-corrected chi connectivity index (χ2v) is 13.2. The molecule has 0 aromatic heterocycles. The molecule has 2 N–H and O–H groups in total. The molecule has 0 saturated carbocycles. The Balaban J connectivity index is 2.99. The fourth-order valence-electron chi connectivity index (χ4n) is 5.31. The maximum Gasteiger partial charge on any atom is 0.123 e. The molecule has 30 heavy (non-hydrogen) atoms. The smallest absolute Gasteiger partial charge is 0.123 e. The van der Waals surface area contributed by atoms with E-state index in [1.807, 2.05) is 6.07 Å². The third-order valence-corrected chi connectivity index (χ3v) is 7.08. The van der Waals surface area contributed by atoms with Crippen LogP contribution in [-0.2, 0) is 5.41 Å². The predicted octanol–water partition coefficient (Wildman–Crippen LogP) is 8.41. The van der Waals surface area contributed by atoms with Crippen LogP contribution in [0.1, 0.15) is 101 Å². The van der Waals surface area contributed by atoms with Crippen molar-refractivity contribution in [1.29, 1.82) is 0 Å². The summed E-state index contributed by atoms with van der Waals surface area (Å²) < 4.78 is 0. The van der Waals surface area contributed by atoms with Crippen molar-refractivity contribution in [3.8, 4) is 5.75 Å². The molecule has 0 spiro atoms. The SMILES string of the molecule is CC(C)(C)C1=C(c2c(O)cccc2C(C)(C)C)C(O)=CC(C(C)(C)C)(C(C)(C)C)C1. The average Bonchev–Trinajstić information content (AvgIpc) is 2.50. The van der Waals surface area contributed by atoms with Crippen molar-refractivity contribution in [2.45, 2.75) is 94.9 Å². The first kappa shape index (κ1) is 24.6. The predicted molar refractivity (Wildman–Crippen MR) is 130 cm³/mol. The van der Waals surface area contributed by atoms with Crippen LogP contribution < -0.4 is 0 Å². The van der Waals surface area contributed by atoms with Crippen LogP contribution in [0.3, 0.4) is 0 Å². The molecule has 0 aliphatic heterocycles. The van der Waals surface area contributed by atoms with E-state index in [1.165, 1.54) is 5.57 Å². The lowest BCUT2D eigenvalue weighted by Gasteiger charge is -2.55. The first-order valence-electron chi connectivity index (χ1n) is 11.2. The molecule has 2 nitrogen and oxygen atoms in total. The van der Waals surface area contributed by atoms with Crippen molar-refractivity contribution in [1.82, 2.24) is 0 Å². The van der Waals surface area contributed by atoms with E-state index in [4.69, 9.17) is 0 Å². The van der Waals surface area contributed by atoms with Crippen LogP contribution in [0, 0.1) is 21.7 Å². The minimum Gasteiger partial charge on any atom is -0.508 e. The van der Waals surface area contributed by atoms with Crippen LogP contribution in [0.25, 0.3) is 5.57 Å². The van der Waals surface area contributed by atoms with Gasteiger partial charge < -0.3 is 10.2 Å². The van der Waals surface area contributed by atoms with Crippen LogP contribution in [0.5, 0.6) is 5.75 Å². The highest BCUT2D eigenvalue weighted by molar-refractivity contribution is 5.86. The maximum atomic E-state index is 11.6. The number of allylic oxidation sites excluding steroid dienone is 3. The van der Waals surface area contributed by atoms with Gasteiger partial charge in [-0.1, -0.05) is 101 Å². The lowest BCUT2D eigenvalue weighted by atomic mass is 9.48. The molecule has 2 rings (SSSR count). The Labute approximate surface area is 185 Å². The zero-order valence-corrected chi connectivity index (χ0v) is 21.4. The van der Waals surface area contributed by atoms with E-state index in [9.17, 15) is 10.2 Å². The summed E-state index contributed by atoms with van der Waals surface area (Å²) in [5.74, 6) is 0.529. The second kappa shape index (κ2) is 7.18. The largest absolute Gasteiger partial charge is 0.508 e. The molecule has 0 radical (unpaired) electrons. The summed E-state index contributed by atoms with van der Waals surface area (Å²) in [6.07, 6.45) is 2.94. The van der Waals surface area contributed by atoms with Crippen LogP contribution >= 0.6 is 0 Å². The van der Waals surface area contributed by atoms with Crippen molar-refractivity contribution < 1.29 is 10.2 Å². The summed E-state index contributed by atoms with van der Waals surface area (Å²) in [6.45, 7) is 26.7. The lowest BCUT2D eigenvalue weighted by molar-refractivity contribution is 0.00938. The van der Waals surface area contributed by atoms with E-state index in [0.717, 1.165) is 23.1 Å². The molecule has 1 aromatic rings. The van der Waals surface area contributed by atoms with Crippen LogP contribution in [0.4, 0.5) is 0 Å². The number of aliphatic hydroxyl groups is 1. The highest BCUT2D eigenvalue weighted by atomic mass is 16.3. The molecular formula is C28H44O2. The van der Waals surface area contributed by atoms with Gasteiger partial charge in [0.15, 0.2) is 0 Å². The fraction of sp³-hybridized carbons (Fsp3) is 0.643. The van der Waals surface area contributed by atoms with E-state index in [1.54, 1.807) is 6.07 Å². The zero-order valence-electron chi connectivity index (χ0n) is 21.4. The zero-order chi connectivity index (χ0) is 23.5. The molecule has 0 saturated heterocycles. The standard InChI is InChI=1S/C28H44O2/c1-24(2,3)18-14-13-15-20(29)22(18)23-19(25(4,5)6)16-28(17-21(23)30,26(7,8)9)27(10,11)12/h13-15,17,29-30H,16H2,1-12H3. The Kier molecular flexibility index (Phi) is 5.88. The lowest BCUT2D eigenvalue weighted by Crippen LogP contribution is -2.47. The molecule has 1 aromatic carbocycles. The van der Waals surface area contributed by atoms with Gasteiger partial charge in [-0.25, -0.2) is 0 Å². The molecule has 0 heterocycles. The van der Waals surface area contributed by atoms with Crippen LogP contribution in [0.2, 0.25) is 0 Å². The molecule has 1 aliphatic rings. The summed E-state index contributed by atoms with van der Waals surface area (Å²) >= 11 is 0. The van der Waals surface area contributed by atoms with Crippen molar-refractivity contribution in [3.63, 3.8) is 0 Å². The van der Waals surface area contributed by atoms with Gasteiger partial charge in [-0.05, 0) is 45.8 Å². The van der Waals surface area contributed by atoms with E-state index >= 15 is 0 Å². The summed E-state index contributed by atoms with van der Waals surface area (Å²) in [6, 6.07) is 5.71. The number of phenolic OH excluding ortho intramolecular Hbond substituents is 1. The van der Waals surface area contributed by atoms with Gasteiger partial charge in [0.2, 0.25) is 0 Å². The molecule has 0 amide bonds. The van der Waals surface area contributed by atoms with Gasteiger partial charge in [0.25, 0.3) is 0 Å². The Hall–Kier alpha value is -1.70. The monoisotopic (exact) mass is 412 g/mol. The van der Waals surface area contributed by atoms with Crippen molar-refractivity contribution >= 4 is 5.57 Å². The van der Waals surface area contributed by atoms with Gasteiger partial charge in [-0.3, -0.25) is 0 Å². The third-order valence-electron chi connectivity index (χ3n) is 7.08. The quantitative estimate of drug-likeness (QED) is 0.486. The van der Waals surface area contributed by atoms with Crippen molar-refractivity contribution in [3.05, 3.63) is 46.7 Å². The van der Waals surface area contributed by atoms with Gasteiger partial charge in [-0.2, -0.15) is 0 Å². The maximum absolute atomic E-state index is 11.6. The number of hydrogen-bond donors (Lipinski definition) is 2. The van der Waals surface area contributed by atoms with Gasteiger partial charge in [0.1, 0.15) is 11.5 Å². The molecular weight excluding hydrogens is 368 g/mol. The van der Waals surface area contributed by atoms with Crippen molar-refractivity contribution in [2.24, 2.45) is 21.7 Å². The fourth-order valence-corrected chi connectivity index (χ4v) is 5.31. The minimum atomic E-state index is -0.220. The number of benzene rings is 1. The number of aliphatic hydroxyl groups excluding tert-OH is 1. The number of rotatable bonds is 1. The number of aromatic hydroxyl groups is 1. The Morgan fingerprint density at radius 2 is 1.23 bits per heavy atom. The summed E-state index contributed by atoms with van der Waals surface area (Å²) in [5.41, 5.74) is 3.22. The minimum absolute atomic E-state index is 0.0488. The van der Waals surface area contributed by atoms with E-state index in [-0.39, 0.29) is 32.8 Å². The molecule has 2 heteroatoms. The van der Waals surface area contributed by atoms with E-state index in [2.05, 4.69) is 95.2 Å². The highest BCUT2D eigenvalue weighted by Gasteiger charge is 2.53. The molecule has 168 valence electrons. The Bertz CT molecular complexity index is 855. The third kappa shape index (κ3) is 4.07. The summed E-state index contributed by atoms with van der Waals surface area (Å²) in [5, 5.41) is 22.6. The topological polar surface area (TPSA) is 40.5 Å². The van der Waals surface area contributed by atoms with Gasteiger partial charge in [-0.15, -0.1) is 0 Å². The summed E-state index contributed by atoms with van der Waals surface area (Å²) in [7, 11) is 0. The molecule has 0 bridgehead atoms. The first-order chi connectivity index (χ1) is 13.2. The first-order valence-corrected chi connectivity index (χ1v) is 11.2. The number of phenols is 1. The van der Waals surface area contributed by atoms with Crippen LogP contribution in [0.15, 0.2) is 35.6 Å². The second-order valence-electron chi connectivity index (χ2n) is 13.2. The summed E-state index contributed by atoms with van der Waals surface area (Å²) in [4.78, 5) is 0. The Morgan fingerprint density at radius 1 is 0.733 bits per heavy atom. The average molecular weight is 413 g/mol. The Morgan fingerprint density at radius 3 is 1.63 bits per heavy atom. The molecule has 1 aliphatic carbocycles.